The lowest BCUT2D eigenvalue weighted by Crippen LogP contribution is -2.39. The first-order valence-corrected chi connectivity index (χ1v) is 7.63. The van der Waals surface area contributed by atoms with Crippen LogP contribution in [-0.4, -0.2) is 23.5 Å². The molecule has 0 fully saturated rings. The van der Waals surface area contributed by atoms with Gasteiger partial charge in [-0.1, -0.05) is 28.1 Å². The average molecular weight is 329 g/mol. The van der Waals surface area contributed by atoms with Gasteiger partial charge in [0, 0.05) is 5.33 Å². The molecule has 1 aromatic rings. The zero-order valence-electron chi connectivity index (χ0n) is 11.7. The van der Waals surface area contributed by atoms with Gasteiger partial charge >= 0.3 is 5.97 Å². The van der Waals surface area contributed by atoms with E-state index < -0.39 is 5.60 Å². The van der Waals surface area contributed by atoms with Gasteiger partial charge in [-0.25, -0.2) is 4.79 Å². The van der Waals surface area contributed by atoms with Crippen molar-refractivity contribution >= 4 is 21.9 Å². The number of hydrogen-bond donors (Lipinski definition) is 0. The van der Waals surface area contributed by atoms with Crippen molar-refractivity contribution in [3.8, 4) is 5.75 Å². The Bertz CT molecular complexity index is 416. The van der Waals surface area contributed by atoms with E-state index in [1.807, 2.05) is 18.2 Å². The lowest BCUT2D eigenvalue weighted by atomic mass is 10.1. The number of halogens is 1. The third-order valence-corrected chi connectivity index (χ3v) is 3.20. The number of carbonyl (C=O) groups is 1. The molecule has 0 aliphatic carbocycles. The van der Waals surface area contributed by atoms with E-state index in [1.54, 1.807) is 20.8 Å². The molecular formula is C15H21BrO3. The van der Waals surface area contributed by atoms with Crippen LogP contribution in [0.1, 0.15) is 32.8 Å². The third kappa shape index (κ3) is 5.23. The molecule has 0 unspecified atom stereocenters. The van der Waals surface area contributed by atoms with Crippen molar-refractivity contribution in [3.05, 3.63) is 29.8 Å². The molecule has 0 aliphatic heterocycles. The molecule has 0 aromatic heterocycles. The fourth-order valence-electron chi connectivity index (χ4n) is 1.68. The first-order chi connectivity index (χ1) is 8.99. The predicted octanol–water partition coefficient (Wildman–Crippen LogP) is 3.73. The summed E-state index contributed by atoms with van der Waals surface area (Å²) in [5.41, 5.74) is 0.237. The molecular weight excluding hydrogens is 308 g/mol. The maximum absolute atomic E-state index is 11.8. The maximum Gasteiger partial charge on any atom is 0.349 e. The van der Waals surface area contributed by atoms with Gasteiger partial charge in [-0.15, -0.1) is 0 Å². The number of alkyl halides is 1. The molecule has 106 valence electrons. The standard InChI is InChI=1S/C15H21BrO3/c1-4-18-14(17)15(2,3)19-13-9-5-7-12(11-13)8-6-10-16/h5,7,9,11H,4,6,8,10H2,1-3H3. The van der Waals surface area contributed by atoms with Gasteiger partial charge < -0.3 is 9.47 Å². The minimum atomic E-state index is -0.968. The highest BCUT2D eigenvalue weighted by Gasteiger charge is 2.31. The summed E-state index contributed by atoms with van der Waals surface area (Å²) in [5.74, 6) is 0.353. The Balaban J connectivity index is 2.72. The number of hydrogen-bond acceptors (Lipinski definition) is 3. The fourth-order valence-corrected chi connectivity index (χ4v) is 1.96. The molecule has 0 saturated heterocycles. The second-order valence-electron chi connectivity index (χ2n) is 4.77. The molecule has 19 heavy (non-hydrogen) atoms. The molecule has 1 rings (SSSR count). The second kappa shape index (κ2) is 7.53. The number of carbonyl (C=O) groups excluding carboxylic acids is 1. The van der Waals surface area contributed by atoms with Gasteiger partial charge in [0.05, 0.1) is 6.61 Å². The monoisotopic (exact) mass is 328 g/mol. The van der Waals surface area contributed by atoms with Crippen LogP contribution >= 0.6 is 15.9 Å². The minimum Gasteiger partial charge on any atom is -0.476 e. The Morgan fingerprint density at radius 2 is 2.11 bits per heavy atom. The Hall–Kier alpha value is -1.03. The van der Waals surface area contributed by atoms with Crippen LogP contribution in [-0.2, 0) is 16.0 Å². The quantitative estimate of drug-likeness (QED) is 0.565. The first kappa shape index (κ1) is 16.0. The van der Waals surface area contributed by atoms with Crippen LogP contribution < -0.4 is 4.74 Å². The summed E-state index contributed by atoms with van der Waals surface area (Å²) in [7, 11) is 0. The van der Waals surface area contributed by atoms with Crippen molar-refractivity contribution in [1.29, 1.82) is 0 Å². The molecule has 0 amide bonds. The summed E-state index contributed by atoms with van der Waals surface area (Å²) in [6.45, 7) is 5.58. The van der Waals surface area contributed by atoms with Crippen LogP contribution in [0, 0.1) is 0 Å². The predicted molar refractivity (Wildman–Crippen MR) is 79.9 cm³/mol. The summed E-state index contributed by atoms with van der Waals surface area (Å²) in [4.78, 5) is 11.8. The Kier molecular flexibility index (Phi) is 6.35. The number of ether oxygens (including phenoxy) is 2. The summed E-state index contributed by atoms with van der Waals surface area (Å²) < 4.78 is 10.8. The van der Waals surface area contributed by atoms with E-state index in [2.05, 4.69) is 22.0 Å². The van der Waals surface area contributed by atoms with Gasteiger partial charge in [0.15, 0.2) is 5.60 Å². The molecule has 0 spiro atoms. The van der Waals surface area contributed by atoms with Crippen LogP contribution in [0.5, 0.6) is 5.75 Å². The lowest BCUT2D eigenvalue weighted by molar-refractivity contribution is -0.158. The molecule has 0 N–H and O–H groups in total. The van der Waals surface area contributed by atoms with Crippen molar-refractivity contribution in [1.82, 2.24) is 0 Å². The van der Waals surface area contributed by atoms with Gasteiger partial charge in [0.1, 0.15) is 5.75 Å². The lowest BCUT2D eigenvalue weighted by Gasteiger charge is -2.24. The van der Waals surface area contributed by atoms with E-state index in [0.717, 1.165) is 18.2 Å². The zero-order valence-corrected chi connectivity index (χ0v) is 13.3. The van der Waals surface area contributed by atoms with Crippen molar-refractivity contribution in [2.24, 2.45) is 0 Å². The first-order valence-electron chi connectivity index (χ1n) is 6.50. The molecule has 0 radical (unpaired) electrons. The van der Waals surface area contributed by atoms with Crippen LogP contribution in [0.15, 0.2) is 24.3 Å². The number of rotatable bonds is 7. The van der Waals surface area contributed by atoms with Crippen LogP contribution in [0.25, 0.3) is 0 Å². The fraction of sp³-hybridized carbons (Fsp3) is 0.533. The van der Waals surface area contributed by atoms with Gasteiger partial charge in [0.2, 0.25) is 0 Å². The summed E-state index contributed by atoms with van der Waals surface area (Å²) in [6, 6.07) is 7.84. The molecule has 0 saturated carbocycles. The van der Waals surface area contributed by atoms with Gasteiger partial charge in [-0.05, 0) is 51.3 Å². The number of esters is 1. The smallest absolute Gasteiger partial charge is 0.349 e. The van der Waals surface area contributed by atoms with Gasteiger partial charge in [-0.2, -0.15) is 0 Å². The number of benzene rings is 1. The molecule has 0 bridgehead atoms. The van der Waals surface area contributed by atoms with E-state index in [9.17, 15) is 4.79 Å². The topological polar surface area (TPSA) is 35.5 Å². The molecule has 4 heteroatoms. The molecule has 3 nitrogen and oxygen atoms in total. The van der Waals surface area contributed by atoms with E-state index in [4.69, 9.17) is 9.47 Å². The highest BCUT2D eigenvalue weighted by atomic mass is 79.9. The molecule has 0 heterocycles. The maximum atomic E-state index is 11.8. The highest BCUT2D eigenvalue weighted by molar-refractivity contribution is 9.09. The number of aryl methyl sites for hydroxylation is 1. The Morgan fingerprint density at radius 1 is 1.37 bits per heavy atom. The SMILES string of the molecule is CCOC(=O)C(C)(C)Oc1cccc(CCCBr)c1. The minimum absolute atomic E-state index is 0.346. The average Bonchev–Trinajstić information content (AvgIpc) is 2.36. The van der Waals surface area contributed by atoms with E-state index >= 15 is 0 Å². The van der Waals surface area contributed by atoms with Crippen LogP contribution in [0.4, 0.5) is 0 Å². The Labute approximate surface area is 123 Å². The van der Waals surface area contributed by atoms with E-state index in [-0.39, 0.29) is 5.97 Å². The zero-order chi connectivity index (χ0) is 14.3. The van der Waals surface area contributed by atoms with Crippen LogP contribution in [0.2, 0.25) is 0 Å². The van der Waals surface area contributed by atoms with Crippen molar-refractivity contribution in [3.63, 3.8) is 0 Å². The Morgan fingerprint density at radius 3 is 2.74 bits per heavy atom. The van der Waals surface area contributed by atoms with Gasteiger partial charge in [-0.3, -0.25) is 0 Å². The second-order valence-corrected chi connectivity index (χ2v) is 5.57. The summed E-state index contributed by atoms with van der Waals surface area (Å²) >= 11 is 3.42. The largest absolute Gasteiger partial charge is 0.476 e. The van der Waals surface area contributed by atoms with E-state index in [0.29, 0.717) is 12.4 Å². The molecule has 0 atom stereocenters. The van der Waals surface area contributed by atoms with Crippen LogP contribution in [0.3, 0.4) is 0 Å². The van der Waals surface area contributed by atoms with Gasteiger partial charge in [0.25, 0.3) is 0 Å². The van der Waals surface area contributed by atoms with E-state index in [1.165, 1.54) is 5.56 Å². The van der Waals surface area contributed by atoms with Crippen molar-refractivity contribution in [2.75, 3.05) is 11.9 Å². The van der Waals surface area contributed by atoms with Crippen molar-refractivity contribution < 1.29 is 14.3 Å². The molecule has 0 aliphatic rings. The highest BCUT2D eigenvalue weighted by Crippen LogP contribution is 2.21. The van der Waals surface area contributed by atoms with Crippen molar-refractivity contribution in [2.45, 2.75) is 39.2 Å². The molecule has 1 aromatic carbocycles. The summed E-state index contributed by atoms with van der Waals surface area (Å²) in [5, 5.41) is 0.979. The third-order valence-electron chi connectivity index (χ3n) is 2.64. The normalized spacial score (nSPS) is 11.2. The summed E-state index contributed by atoms with van der Waals surface area (Å²) in [6.07, 6.45) is 2.06.